The molecule has 8 N–H and O–H groups in total. The lowest BCUT2D eigenvalue weighted by Gasteiger charge is -2.27. The van der Waals surface area contributed by atoms with Gasteiger partial charge in [0, 0.05) is 6.42 Å². The fraction of sp³-hybridized carbons (Fsp3) is 0.737. The van der Waals surface area contributed by atoms with Crippen molar-refractivity contribution in [3.05, 3.63) is 0 Å². The third-order valence-corrected chi connectivity index (χ3v) is 4.63. The molecular weight excluding hydrogens is 394 g/mol. The average molecular weight is 430 g/mol. The Morgan fingerprint density at radius 3 is 1.93 bits per heavy atom. The number of hydrogen-bond acceptors (Lipinski definition) is 6. The highest BCUT2D eigenvalue weighted by molar-refractivity contribution is 5.94. The molecule has 0 heterocycles. The molecule has 0 aromatic rings. The number of carboxylic acid groups (broad SMARTS) is 1. The van der Waals surface area contributed by atoms with E-state index in [0.717, 1.165) is 0 Å². The molecule has 0 aromatic heterocycles. The number of carboxylic acids is 1. The number of carbonyl (C=O) groups is 5. The zero-order chi connectivity index (χ0) is 23.4. The molecule has 0 fully saturated rings. The molecule has 0 aliphatic heterocycles. The highest BCUT2D eigenvalue weighted by Crippen LogP contribution is 2.10. The highest BCUT2D eigenvalue weighted by Gasteiger charge is 2.31. The predicted molar refractivity (Wildman–Crippen MR) is 110 cm³/mol. The lowest BCUT2D eigenvalue weighted by atomic mass is 9.97. The fourth-order valence-corrected chi connectivity index (χ4v) is 2.72. The van der Waals surface area contributed by atoms with E-state index < -0.39 is 47.7 Å². The summed E-state index contributed by atoms with van der Waals surface area (Å²) in [4.78, 5) is 59.7. The molecule has 0 bridgehead atoms. The van der Waals surface area contributed by atoms with Gasteiger partial charge in [-0.2, -0.15) is 0 Å². The molecule has 4 atom stereocenters. The van der Waals surface area contributed by atoms with Gasteiger partial charge in [-0.05, 0) is 24.7 Å². The van der Waals surface area contributed by atoms with Gasteiger partial charge >= 0.3 is 5.97 Å². The van der Waals surface area contributed by atoms with Gasteiger partial charge in [-0.25, -0.2) is 4.79 Å². The number of hydrogen-bond donors (Lipinski definition) is 6. The van der Waals surface area contributed by atoms with Gasteiger partial charge in [0.1, 0.15) is 18.1 Å². The van der Waals surface area contributed by atoms with Gasteiger partial charge in [-0.1, -0.05) is 34.1 Å². The van der Waals surface area contributed by atoms with E-state index in [-0.39, 0.29) is 37.6 Å². The van der Waals surface area contributed by atoms with E-state index in [4.69, 9.17) is 11.5 Å². The molecule has 0 radical (unpaired) electrons. The summed E-state index contributed by atoms with van der Waals surface area (Å²) in [6, 6.07) is -3.28. The zero-order valence-electron chi connectivity index (χ0n) is 18.1. The first-order chi connectivity index (χ1) is 13.9. The topological polar surface area (TPSA) is 194 Å². The molecule has 0 aliphatic rings. The molecule has 30 heavy (non-hydrogen) atoms. The number of nitrogens with one attached hydrogen (secondary N) is 3. The zero-order valence-corrected chi connectivity index (χ0v) is 18.1. The average Bonchev–Trinajstić information content (AvgIpc) is 2.66. The largest absolute Gasteiger partial charge is 0.480 e. The Balaban J connectivity index is 5.48. The maximum atomic E-state index is 12.8. The molecule has 11 nitrogen and oxygen atoms in total. The second-order valence-electron chi connectivity index (χ2n) is 7.73. The van der Waals surface area contributed by atoms with Crippen molar-refractivity contribution < 1.29 is 29.1 Å². The van der Waals surface area contributed by atoms with Crippen LogP contribution in [0.4, 0.5) is 0 Å². The summed E-state index contributed by atoms with van der Waals surface area (Å²) in [6.45, 7) is 6.90. The molecule has 0 spiro atoms. The second kappa shape index (κ2) is 13.5. The van der Waals surface area contributed by atoms with E-state index in [1.165, 1.54) is 0 Å². The molecule has 4 unspecified atom stereocenters. The van der Waals surface area contributed by atoms with Crippen LogP contribution in [0.2, 0.25) is 0 Å². The van der Waals surface area contributed by atoms with Crippen LogP contribution in [0.3, 0.4) is 0 Å². The van der Waals surface area contributed by atoms with Gasteiger partial charge in [0.05, 0.1) is 6.54 Å². The summed E-state index contributed by atoms with van der Waals surface area (Å²) < 4.78 is 0. The normalized spacial score (nSPS) is 14.9. The minimum Gasteiger partial charge on any atom is -0.480 e. The number of carbonyl (C=O) groups excluding carboxylic acids is 4. The van der Waals surface area contributed by atoms with E-state index in [1.54, 1.807) is 6.92 Å². The lowest BCUT2D eigenvalue weighted by molar-refractivity contribution is -0.143. The molecule has 0 aromatic carbocycles. The van der Waals surface area contributed by atoms with Crippen molar-refractivity contribution in [2.24, 2.45) is 23.3 Å². The molecule has 0 rings (SSSR count). The molecule has 0 aliphatic carbocycles. The van der Waals surface area contributed by atoms with Gasteiger partial charge in [-0.3, -0.25) is 19.2 Å². The van der Waals surface area contributed by atoms with Crippen LogP contribution in [0.1, 0.15) is 53.4 Å². The van der Waals surface area contributed by atoms with Crippen LogP contribution in [0.15, 0.2) is 0 Å². The quantitative estimate of drug-likeness (QED) is 0.200. The highest BCUT2D eigenvalue weighted by atomic mass is 16.4. The van der Waals surface area contributed by atoms with Gasteiger partial charge in [0.2, 0.25) is 23.6 Å². The number of primary amides is 1. The number of rotatable bonds is 14. The van der Waals surface area contributed by atoms with Crippen LogP contribution < -0.4 is 27.4 Å². The van der Waals surface area contributed by atoms with Crippen molar-refractivity contribution in [3.8, 4) is 0 Å². The van der Waals surface area contributed by atoms with Crippen LogP contribution in [0, 0.1) is 11.8 Å². The molecule has 0 saturated carbocycles. The molecule has 0 saturated heterocycles. The summed E-state index contributed by atoms with van der Waals surface area (Å²) in [6.07, 6.45) is 0.457. The van der Waals surface area contributed by atoms with Crippen molar-refractivity contribution in [1.82, 2.24) is 16.0 Å². The van der Waals surface area contributed by atoms with E-state index >= 15 is 0 Å². The van der Waals surface area contributed by atoms with Crippen LogP contribution in [0.5, 0.6) is 0 Å². The number of amides is 4. The molecule has 11 heteroatoms. The number of aliphatic carboxylic acids is 1. The Bertz CT molecular complexity index is 625. The first-order valence-electron chi connectivity index (χ1n) is 10.0. The number of nitrogens with two attached hydrogens (primary N) is 2. The molecular formula is C19H35N5O6. The summed E-state index contributed by atoms with van der Waals surface area (Å²) >= 11 is 0. The van der Waals surface area contributed by atoms with Crippen molar-refractivity contribution in [3.63, 3.8) is 0 Å². The Morgan fingerprint density at radius 2 is 1.50 bits per heavy atom. The Labute approximate surface area is 176 Å². The van der Waals surface area contributed by atoms with Gasteiger partial charge < -0.3 is 32.5 Å². The Hall–Kier alpha value is -2.69. The Morgan fingerprint density at radius 1 is 0.933 bits per heavy atom. The maximum absolute atomic E-state index is 12.8. The van der Waals surface area contributed by atoms with Crippen molar-refractivity contribution in [2.75, 3.05) is 6.54 Å². The lowest BCUT2D eigenvalue weighted by Crippen LogP contribution is -2.57. The molecule has 4 amide bonds. The van der Waals surface area contributed by atoms with Crippen molar-refractivity contribution in [2.45, 2.75) is 71.5 Å². The third-order valence-electron chi connectivity index (χ3n) is 4.63. The Kier molecular flexibility index (Phi) is 12.3. The second-order valence-corrected chi connectivity index (χ2v) is 7.73. The van der Waals surface area contributed by atoms with E-state index in [9.17, 15) is 29.1 Å². The predicted octanol–water partition coefficient (Wildman–Crippen LogP) is -1.16. The summed E-state index contributed by atoms with van der Waals surface area (Å²) in [7, 11) is 0. The van der Waals surface area contributed by atoms with Crippen molar-refractivity contribution in [1.29, 1.82) is 0 Å². The van der Waals surface area contributed by atoms with Gasteiger partial charge in [0.15, 0.2) is 0 Å². The van der Waals surface area contributed by atoms with Gasteiger partial charge in [0.25, 0.3) is 0 Å². The minimum absolute atomic E-state index is 0.00585. The first kappa shape index (κ1) is 27.3. The van der Waals surface area contributed by atoms with E-state index in [1.807, 2.05) is 20.8 Å². The third kappa shape index (κ3) is 10.2. The molecule has 172 valence electrons. The SMILES string of the molecule is CCC(C)C(NC(=O)CN)C(=O)NC(CCC(N)=O)C(=O)NC(CC(C)C)C(=O)O. The van der Waals surface area contributed by atoms with E-state index in [2.05, 4.69) is 16.0 Å². The summed E-state index contributed by atoms with van der Waals surface area (Å²) in [5.74, 6) is -4.04. The minimum atomic E-state index is -1.20. The van der Waals surface area contributed by atoms with Gasteiger partial charge in [-0.15, -0.1) is 0 Å². The monoisotopic (exact) mass is 429 g/mol. The fourth-order valence-electron chi connectivity index (χ4n) is 2.72. The van der Waals surface area contributed by atoms with Crippen LogP contribution in [-0.2, 0) is 24.0 Å². The summed E-state index contributed by atoms with van der Waals surface area (Å²) in [5.41, 5.74) is 10.5. The smallest absolute Gasteiger partial charge is 0.326 e. The van der Waals surface area contributed by atoms with Crippen molar-refractivity contribution >= 4 is 29.6 Å². The summed E-state index contributed by atoms with van der Waals surface area (Å²) in [5, 5.41) is 16.8. The first-order valence-corrected chi connectivity index (χ1v) is 10.0. The van der Waals surface area contributed by atoms with Crippen LogP contribution in [0.25, 0.3) is 0 Å². The van der Waals surface area contributed by atoms with Crippen LogP contribution in [-0.4, -0.2) is 59.4 Å². The standard InChI is InChI=1S/C19H35N5O6/c1-5-11(4)16(24-15(26)9-20)18(28)22-12(6-7-14(21)25)17(27)23-13(19(29)30)8-10(2)3/h10-13,16H,5-9,20H2,1-4H3,(H2,21,25)(H,22,28)(H,23,27)(H,24,26)(H,29,30). The van der Waals surface area contributed by atoms with Crippen LogP contribution >= 0.6 is 0 Å². The maximum Gasteiger partial charge on any atom is 0.326 e. The van der Waals surface area contributed by atoms with E-state index in [0.29, 0.717) is 6.42 Å².